The van der Waals surface area contributed by atoms with Gasteiger partial charge >= 0.3 is 0 Å². The summed E-state index contributed by atoms with van der Waals surface area (Å²) in [6.07, 6.45) is 0. The van der Waals surface area contributed by atoms with Crippen molar-refractivity contribution in [2.75, 3.05) is 0 Å². The molecule has 0 atom stereocenters. The van der Waals surface area contributed by atoms with Crippen LogP contribution in [0.15, 0.2) is 34.8 Å². The molecule has 0 fully saturated rings. The lowest BCUT2D eigenvalue weighted by molar-refractivity contribution is 0.106. The van der Waals surface area contributed by atoms with Gasteiger partial charge in [0.1, 0.15) is 0 Å². The van der Waals surface area contributed by atoms with E-state index in [2.05, 4.69) is 54.2 Å². The predicted octanol–water partition coefficient (Wildman–Crippen LogP) is 5.03. The largest absolute Gasteiger partial charge is 0.372 e. The minimum atomic E-state index is 0.516. The maximum Gasteiger partial charge on any atom is 0.0732 e. The third-order valence-electron chi connectivity index (χ3n) is 3.23. The van der Waals surface area contributed by atoms with Crippen LogP contribution in [0.5, 0.6) is 0 Å². The van der Waals surface area contributed by atoms with Crippen LogP contribution in [-0.2, 0) is 24.5 Å². The second-order valence-electron chi connectivity index (χ2n) is 5.41. The third kappa shape index (κ3) is 5.22. The highest BCUT2D eigenvalue weighted by Crippen LogP contribution is 2.23. The first kappa shape index (κ1) is 16.7. The van der Waals surface area contributed by atoms with Crippen LogP contribution in [-0.4, -0.2) is 6.04 Å². The fourth-order valence-corrected chi connectivity index (χ4v) is 3.41. The van der Waals surface area contributed by atoms with Gasteiger partial charge in [0.25, 0.3) is 0 Å². The fraction of sp³-hybridized carbons (Fsp3) is 0.412. The summed E-state index contributed by atoms with van der Waals surface area (Å²) in [5.41, 5.74) is 2.49. The molecule has 1 heterocycles. The molecule has 1 aromatic carbocycles. The molecule has 0 amide bonds. The van der Waals surface area contributed by atoms with E-state index in [0.717, 1.165) is 11.0 Å². The molecular formula is C17H22BrNOS. The van der Waals surface area contributed by atoms with Gasteiger partial charge in [-0.15, -0.1) is 11.3 Å². The van der Waals surface area contributed by atoms with E-state index in [9.17, 15) is 0 Å². The number of rotatable bonds is 7. The molecule has 0 aliphatic heterocycles. The van der Waals surface area contributed by atoms with E-state index < -0.39 is 0 Å². The Morgan fingerprint density at radius 2 is 1.90 bits per heavy atom. The van der Waals surface area contributed by atoms with Gasteiger partial charge in [0.15, 0.2) is 0 Å². The molecule has 114 valence electrons. The summed E-state index contributed by atoms with van der Waals surface area (Å²) < 4.78 is 6.97. The molecule has 0 unspecified atom stereocenters. The van der Waals surface area contributed by atoms with E-state index in [-0.39, 0.29) is 0 Å². The zero-order valence-corrected chi connectivity index (χ0v) is 15.2. The number of hydrogen-bond acceptors (Lipinski definition) is 3. The highest BCUT2D eigenvalue weighted by molar-refractivity contribution is 9.10. The van der Waals surface area contributed by atoms with Crippen LogP contribution in [0.1, 0.15) is 34.7 Å². The van der Waals surface area contributed by atoms with Crippen molar-refractivity contribution in [3.63, 3.8) is 0 Å². The van der Waals surface area contributed by atoms with Gasteiger partial charge in [-0.05, 0) is 30.2 Å². The lowest BCUT2D eigenvalue weighted by Gasteiger charge is -2.06. The monoisotopic (exact) mass is 367 g/mol. The molecular weight excluding hydrogens is 346 g/mol. The topological polar surface area (TPSA) is 21.3 Å². The van der Waals surface area contributed by atoms with Crippen LogP contribution in [0.4, 0.5) is 0 Å². The SMILES string of the molecule is Cc1sc(CNC(C)C)cc1COCc1ccccc1Br. The van der Waals surface area contributed by atoms with Gasteiger partial charge in [0.2, 0.25) is 0 Å². The van der Waals surface area contributed by atoms with E-state index in [1.807, 2.05) is 29.5 Å². The second kappa shape index (κ2) is 8.08. The van der Waals surface area contributed by atoms with Gasteiger partial charge < -0.3 is 10.1 Å². The summed E-state index contributed by atoms with van der Waals surface area (Å²) >= 11 is 5.40. The van der Waals surface area contributed by atoms with Gasteiger partial charge in [-0.2, -0.15) is 0 Å². The maximum absolute atomic E-state index is 5.86. The van der Waals surface area contributed by atoms with Crippen molar-refractivity contribution >= 4 is 27.3 Å². The number of aryl methyl sites for hydroxylation is 1. The van der Waals surface area contributed by atoms with Crippen molar-refractivity contribution in [1.29, 1.82) is 0 Å². The summed E-state index contributed by atoms with van der Waals surface area (Å²) in [6, 6.07) is 11.0. The Bertz CT molecular complexity index is 580. The molecule has 0 bridgehead atoms. The third-order valence-corrected chi connectivity index (χ3v) is 5.10. The lowest BCUT2D eigenvalue weighted by Crippen LogP contribution is -2.21. The Morgan fingerprint density at radius 3 is 2.62 bits per heavy atom. The second-order valence-corrected chi connectivity index (χ2v) is 7.61. The Hall–Kier alpha value is -0.680. The van der Waals surface area contributed by atoms with E-state index in [0.29, 0.717) is 19.3 Å². The smallest absolute Gasteiger partial charge is 0.0732 e. The van der Waals surface area contributed by atoms with Crippen LogP contribution < -0.4 is 5.32 Å². The van der Waals surface area contributed by atoms with Crippen molar-refractivity contribution in [2.45, 2.75) is 46.6 Å². The zero-order chi connectivity index (χ0) is 15.2. The first-order valence-electron chi connectivity index (χ1n) is 7.19. The van der Waals surface area contributed by atoms with Crippen molar-refractivity contribution in [2.24, 2.45) is 0 Å². The predicted molar refractivity (Wildman–Crippen MR) is 93.7 cm³/mol. The lowest BCUT2D eigenvalue weighted by atomic mass is 10.2. The van der Waals surface area contributed by atoms with Crippen molar-refractivity contribution < 1.29 is 4.74 Å². The average Bonchev–Trinajstić information content (AvgIpc) is 2.79. The van der Waals surface area contributed by atoms with E-state index in [4.69, 9.17) is 4.74 Å². The molecule has 1 aromatic heterocycles. The van der Waals surface area contributed by atoms with Crippen LogP contribution in [0, 0.1) is 6.92 Å². The highest BCUT2D eigenvalue weighted by Gasteiger charge is 2.07. The summed E-state index contributed by atoms with van der Waals surface area (Å²) in [7, 11) is 0. The van der Waals surface area contributed by atoms with Crippen molar-refractivity contribution in [3.8, 4) is 0 Å². The number of halogens is 1. The van der Waals surface area contributed by atoms with Gasteiger partial charge in [0.05, 0.1) is 13.2 Å². The van der Waals surface area contributed by atoms with Crippen LogP contribution in [0.2, 0.25) is 0 Å². The minimum absolute atomic E-state index is 0.516. The van der Waals surface area contributed by atoms with E-state index in [1.165, 1.54) is 20.9 Å². The molecule has 21 heavy (non-hydrogen) atoms. The number of ether oxygens (including phenoxy) is 1. The molecule has 0 aliphatic carbocycles. The molecule has 2 rings (SSSR count). The number of thiophene rings is 1. The quantitative estimate of drug-likeness (QED) is 0.740. The minimum Gasteiger partial charge on any atom is -0.372 e. The molecule has 2 nitrogen and oxygen atoms in total. The zero-order valence-electron chi connectivity index (χ0n) is 12.8. The van der Waals surface area contributed by atoms with Crippen molar-refractivity contribution in [1.82, 2.24) is 5.32 Å². The highest BCUT2D eigenvalue weighted by atomic mass is 79.9. The van der Waals surface area contributed by atoms with E-state index in [1.54, 1.807) is 0 Å². The Morgan fingerprint density at radius 1 is 1.19 bits per heavy atom. The molecule has 0 saturated heterocycles. The number of hydrogen-bond donors (Lipinski definition) is 1. The Balaban J connectivity index is 1.87. The summed E-state index contributed by atoms with van der Waals surface area (Å²) in [6.45, 7) is 8.75. The van der Waals surface area contributed by atoms with Gasteiger partial charge in [0, 0.05) is 26.8 Å². The van der Waals surface area contributed by atoms with Crippen LogP contribution in [0.25, 0.3) is 0 Å². The molecule has 0 spiro atoms. The summed E-state index contributed by atoms with van der Waals surface area (Å²) in [5.74, 6) is 0. The maximum atomic E-state index is 5.86. The molecule has 0 radical (unpaired) electrons. The van der Waals surface area contributed by atoms with Gasteiger partial charge in [-0.1, -0.05) is 48.0 Å². The number of benzene rings is 1. The average molecular weight is 368 g/mol. The standard InChI is InChI=1S/C17H22BrNOS/c1-12(2)19-9-16-8-15(13(3)21-16)11-20-10-14-6-4-5-7-17(14)18/h4-8,12,19H,9-11H2,1-3H3. The van der Waals surface area contributed by atoms with Crippen molar-refractivity contribution in [3.05, 3.63) is 55.7 Å². The first-order valence-corrected chi connectivity index (χ1v) is 8.80. The fourth-order valence-electron chi connectivity index (χ4n) is 2.01. The van der Waals surface area contributed by atoms with Gasteiger partial charge in [-0.3, -0.25) is 0 Å². The molecule has 0 saturated carbocycles. The molecule has 4 heteroatoms. The molecule has 2 aromatic rings. The van der Waals surface area contributed by atoms with E-state index >= 15 is 0 Å². The van der Waals surface area contributed by atoms with Crippen LogP contribution >= 0.6 is 27.3 Å². The normalized spacial score (nSPS) is 11.3. The van der Waals surface area contributed by atoms with Crippen LogP contribution in [0.3, 0.4) is 0 Å². The van der Waals surface area contributed by atoms with Gasteiger partial charge in [-0.25, -0.2) is 0 Å². The Labute approximate surface area is 139 Å². The summed E-state index contributed by atoms with van der Waals surface area (Å²) in [4.78, 5) is 2.73. The summed E-state index contributed by atoms with van der Waals surface area (Å²) in [5, 5.41) is 3.46. The number of nitrogens with one attached hydrogen (secondary N) is 1. The molecule has 1 N–H and O–H groups in total. The molecule has 0 aliphatic rings. The first-order chi connectivity index (χ1) is 10.1. The Kier molecular flexibility index (Phi) is 6.42.